The van der Waals surface area contributed by atoms with Crippen molar-refractivity contribution in [2.45, 2.75) is 13.0 Å². The van der Waals surface area contributed by atoms with Crippen molar-refractivity contribution in [1.82, 2.24) is 20.3 Å². The van der Waals surface area contributed by atoms with E-state index in [4.69, 9.17) is 9.26 Å². The summed E-state index contributed by atoms with van der Waals surface area (Å²) in [4.78, 5) is 4.12. The number of nitrogens with zero attached hydrogens (tertiary/aromatic N) is 4. The molecule has 0 aliphatic carbocycles. The molecule has 0 aliphatic rings. The van der Waals surface area contributed by atoms with Crippen molar-refractivity contribution in [3.63, 3.8) is 0 Å². The van der Waals surface area contributed by atoms with E-state index in [2.05, 4.69) is 20.3 Å². The standard InChI is InChI=1S/C14H10F2N4O2/c1-8(21-12-5-4-9(15)7-10(12)16)14-18-13(20-22-14)11-3-2-6-17-19-11/h2-8H,1H3/t8-/m1/s1. The zero-order chi connectivity index (χ0) is 15.5. The van der Waals surface area contributed by atoms with Gasteiger partial charge in [-0.1, -0.05) is 5.16 Å². The molecule has 22 heavy (non-hydrogen) atoms. The highest BCUT2D eigenvalue weighted by atomic mass is 19.1. The topological polar surface area (TPSA) is 73.9 Å². The Morgan fingerprint density at radius 3 is 2.82 bits per heavy atom. The second-order valence-corrected chi connectivity index (χ2v) is 4.40. The zero-order valence-corrected chi connectivity index (χ0v) is 11.4. The van der Waals surface area contributed by atoms with Crippen LogP contribution in [0.25, 0.3) is 11.5 Å². The Kier molecular flexibility index (Phi) is 3.73. The van der Waals surface area contributed by atoms with Crippen LogP contribution >= 0.6 is 0 Å². The van der Waals surface area contributed by atoms with Crippen LogP contribution in [0, 0.1) is 11.6 Å². The molecule has 0 spiro atoms. The van der Waals surface area contributed by atoms with Crippen molar-refractivity contribution < 1.29 is 18.0 Å². The highest BCUT2D eigenvalue weighted by molar-refractivity contribution is 5.46. The van der Waals surface area contributed by atoms with Crippen molar-refractivity contribution in [2.75, 3.05) is 0 Å². The van der Waals surface area contributed by atoms with E-state index in [0.29, 0.717) is 5.69 Å². The van der Waals surface area contributed by atoms with Gasteiger partial charge in [-0.2, -0.15) is 10.1 Å². The van der Waals surface area contributed by atoms with Gasteiger partial charge in [-0.25, -0.2) is 8.78 Å². The van der Waals surface area contributed by atoms with Crippen molar-refractivity contribution in [3.05, 3.63) is 54.1 Å². The first-order valence-electron chi connectivity index (χ1n) is 6.37. The number of aromatic nitrogens is 4. The van der Waals surface area contributed by atoms with Gasteiger partial charge in [-0.15, -0.1) is 5.10 Å². The van der Waals surface area contributed by atoms with E-state index in [1.54, 1.807) is 19.1 Å². The lowest BCUT2D eigenvalue weighted by Gasteiger charge is -2.11. The second-order valence-electron chi connectivity index (χ2n) is 4.40. The Bertz CT molecular complexity index is 780. The SMILES string of the molecule is C[C@@H](Oc1ccc(F)cc1F)c1nc(-c2cccnn2)no1. The minimum Gasteiger partial charge on any atom is -0.478 e. The predicted octanol–water partition coefficient (Wildman–Crippen LogP) is 2.94. The summed E-state index contributed by atoms with van der Waals surface area (Å²) in [6, 6.07) is 6.39. The minimum absolute atomic E-state index is 0.104. The van der Waals surface area contributed by atoms with Crippen LogP contribution in [0.15, 0.2) is 41.1 Å². The summed E-state index contributed by atoms with van der Waals surface area (Å²) in [5.41, 5.74) is 0.442. The van der Waals surface area contributed by atoms with Crippen LogP contribution in [0.1, 0.15) is 18.9 Å². The van der Waals surface area contributed by atoms with Gasteiger partial charge < -0.3 is 9.26 Å². The fourth-order valence-corrected chi connectivity index (χ4v) is 1.74. The third kappa shape index (κ3) is 2.90. The first-order chi connectivity index (χ1) is 10.6. The molecule has 0 amide bonds. The summed E-state index contributed by atoms with van der Waals surface area (Å²) >= 11 is 0. The van der Waals surface area contributed by atoms with Crippen molar-refractivity contribution in [3.8, 4) is 17.3 Å². The summed E-state index contributed by atoms with van der Waals surface area (Å²) in [6.45, 7) is 1.61. The number of halogens is 2. The monoisotopic (exact) mass is 304 g/mol. The molecule has 2 aromatic heterocycles. The molecule has 0 bridgehead atoms. The Balaban J connectivity index is 1.78. The fraction of sp³-hybridized carbons (Fsp3) is 0.143. The van der Waals surface area contributed by atoms with Gasteiger partial charge in [0.1, 0.15) is 11.5 Å². The molecular weight excluding hydrogens is 294 g/mol. The van der Waals surface area contributed by atoms with Crippen LogP contribution in [0.4, 0.5) is 8.78 Å². The van der Waals surface area contributed by atoms with Gasteiger partial charge in [-0.3, -0.25) is 0 Å². The summed E-state index contributed by atoms with van der Waals surface area (Å²) < 4.78 is 36.8. The van der Waals surface area contributed by atoms with Crippen molar-refractivity contribution >= 4 is 0 Å². The Hall–Kier alpha value is -2.90. The van der Waals surface area contributed by atoms with Gasteiger partial charge in [0.2, 0.25) is 5.82 Å². The van der Waals surface area contributed by atoms with E-state index in [1.807, 2.05) is 0 Å². The maximum absolute atomic E-state index is 13.5. The van der Waals surface area contributed by atoms with Crippen LogP contribution in [-0.4, -0.2) is 20.3 Å². The zero-order valence-electron chi connectivity index (χ0n) is 11.4. The highest BCUT2D eigenvalue weighted by Crippen LogP contribution is 2.25. The number of hydrogen-bond acceptors (Lipinski definition) is 6. The molecular formula is C14H10F2N4O2. The maximum atomic E-state index is 13.5. The van der Waals surface area contributed by atoms with Gasteiger partial charge in [0, 0.05) is 12.3 Å². The van der Waals surface area contributed by atoms with Crippen LogP contribution in [0.3, 0.4) is 0 Å². The average Bonchev–Trinajstić information content (AvgIpc) is 3.01. The Morgan fingerprint density at radius 1 is 1.23 bits per heavy atom. The van der Waals surface area contributed by atoms with Crippen LogP contribution < -0.4 is 4.74 Å². The molecule has 0 unspecified atom stereocenters. The lowest BCUT2D eigenvalue weighted by Crippen LogP contribution is -2.05. The van der Waals surface area contributed by atoms with Crippen LogP contribution in [-0.2, 0) is 0 Å². The van der Waals surface area contributed by atoms with Gasteiger partial charge in [0.25, 0.3) is 5.89 Å². The second kappa shape index (κ2) is 5.84. The van der Waals surface area contributed by atoms with Crippen LogP contribution in [0.5, 0.6) is 5.75 Å². The Morgan fingerprint density at radius 2 is 2.09 bits per heavy atom. The molecule has 0 radical (unpaired) electrons. The molecule has 6 nitrogen and oxygen atoms in total. The van der Waals surface area contributed by atoms with Gasteiger partial charge in [-0.05, 0) is 31.2 Å². The molecule has 0 N–H and O–H groups in total. The van der Waals surface area contributed by atoms with Crippen LogP contribution in [0.2, 0.25) is 0 Å². The molecule has 3 rings (SSSR count). The summed E-state index contributed by atoms with van der Waals surface area (Å²) in [6.07, 6.45) is 0.811. The molecule has 3 aromatic rings. The predicted molar refractivity (Wildman–Crippen MR) is 70.7 cm³/mol. The lowest BCUT2D eigenvalue weighted by molar-refractivity contribution is 0.169. The van der Waals surface area contributed by atoms with E-state index in [0.717, 1.165) is 12.1 Å². The highest BCUT2D eigenvalue weighted by Gasteiger charge is 2.19. The number of ether oxygens (including phenoxy) is 1. The molecule has 112 valence electrons. The van der Waals surface area contributed by atoms with Gasteiger partial charge in [0.15, 0.2) is 17.7 Å². The lowest BCUT2D eigenvalue weighted by atomic mass is 10.3. The summed E-state index contributed by atoms with van der Waals surface area (Å²) in [5, 5.41) is 11.3. The molecule has 8 heteroatoms. The smallest absolute Gasteiger partial charge is 0.267 e. The first-order valence-corrected chi connectivity index (χ1v) is 6.37. The molecule has 0 aliphatic heterocycles. The molecule has 1 aromatic carbocycles. The summed E-state index contributed by atoms with van der Waals surface area (Å²) in [5.74, 6) is -1.20. The van der Waals surface area contributed by atoms with E-state index >= 15 is 0 Å². The maximum Gasteiger partial charge on any atom is 0.267 e. The van der Waals surface area contributed by atoms with Crippen molar-refractivity contribution in [2.24, 2.45) is 0 Å². The fourth-order valence-electron chi connectivity index (χ4n) is 1.74. The van der Waals surface area contributed by atoms with E-state index in [-0.39, 0.29) is 17.5 Å². The van der Waals surface area contributed by atoms with E-state index in [9.17, 15) is 8.78 Å². The quantitative estimate of drug-likeness (QED) is 0.737. The molecule has 1 atom stereocenters. The van der Waals surface area contributed by atoms with Gasteiger partial charge >= 0.3 is 0 Å². The third-order valence-electron chi connectivity index (χ3n) is 2.79. The molecule has 0 saturated carbocycles. The first kappa shape index (κ1) is 14.1. The molecule has 2 heterocycles. The average molecular weight is 304 g/mol. The largest absolute Gasteiger partial charge is 0.478 e. The van der Waals surface area contributed by atoms with Gasteiger partial charge in [0.05, 0.1) is 0 Å². The third-order valence-corrected chi connectivity index (χ3v) is 2.79. The minimum atomic E-state index is -0.805. The Labute approximate surface area is 123 Å². The van der Waals surface area contributed by atoms with Crippen molar-refractivity contribution in [1.29, 1.82) is 0 Å². The summed E-state index contributed by atoms with van der Waals surface area (Å²) in [7, 11) is 0. The number of benzene rings is 1. The molecule has 0 fully saturated rings. The normalized spacial score (nSPS) is 12.1. The van der Waals surface area contributed by atoms with E-state index in [1.165, 1.54) is 12.3 Å². The molecule has 0 saturated heterocycles. The number of hydrogen-bond donors (Lipinski definition) is 0. The van der Waals surface area contributed by atoms with E-state index < -0.39 is 17.7 Å². The number of rotatable bonds is 4.